The first-order valence-electron chi connectivity index (χ1n) is 10.1. The highest BCUT2D eigenvalue weighted by Gasteiger charge is 2.33. The van der Waals surface area contributed by atoms with Crippen molar-refractivity contribution in [1.82, 2.24) is 4.90 Å². The Morgan fingerprint density at radius 1 is 1.33 bits per heavy atom. The second-order valence-electron chi connectivity index (χ2n) is 8.41. The Kier molecular flexibility index (Phi) is 8.11. The molecule has 0 radical (unpaired) electrons. The van der Waals surface area contributed by atoms with Gasteiger partial charge in [-0.05, 0) is 68.8 Å². The van der Waals surface area contributed by atoms with Crippen LogP contribution in [0.4, 0.5) is 5.69 Å². The summed E-state index contributed by atoms with van der Waals surface area (Å²) in [6.45, 7) is 12.3. The molecule has 1 amide bonds. The molecule has 0 aliphatic carbocycles. The van der Waals surface area contributed by atoms with Crippen LogP contribution >= 0.6 is 0 Å². The van der Waals surface area contributed by atoms with E-state index in [4.69, 9.17) is 9.47 Å². The van der Waals surface area contributed by atoms with Crippen LogP contribution in [0.25, 0.3) is 0 Å². The van der Waals surface area contributed by atoms with Gasteiger partial charge in [0.1, 0.15) is 18.0 Å². The average Bonchev–Trinajstić information content (AvgIpc) is 2.62. The second kappa shape index (κ2) is 10.1. The maximum atomic E-state index is 12.6. The van der Waals surface area contributed by atoms with E-state index in [2.05, 4.69) is 31.0 Å². The summed E-state index contributed by atoms with van der Waals surface area (Å²) in [7, 11) is 1.59. The number of nitrogens with zero attached hydrogens (tertiary/aromatic N) is 1. The third-order valence-electron chi connectivity index (χ3n) is 5.26. The summed E-state index contributed by atoms with van der Waals surface area (Å²) in [6.07, 6.45) is 3.29. The predicted molar refractivity (Wildman–Crippen MR) is 110 cm³/mol. The zero-order valence-electron chi connectivity index (χ0n) is 17.6. The molecule has 1 aliphatic rings. The van der Waals surface area contributed by atoms with Crippen LogP contribution in [-0.2, 0) is 9.53 Å². The highest BCUT2D eigenvalue weighted by Crippen LogP contribution is 2.23. The zero-order valence-corrected chi connectivity index (χ0v) is 17.6. The molecule has 1 aliphatic heterocycles. The van der Waals surface area contributed by atoms with Gasteiger partial charge in [-0.15, -0.1) is 0 Å². The van der Waals surface area contributed by atoms with Crippen LogP contribution in [0.5, 0.6) is 5.75 Å². The van der Waals surface area contributed by atoms with Gasteiger partial charge in [0.25, 0.3) is 5.91 Å². The van der Waals surface area contributed by atoms with Gasteiger partial charge in [-0.2, -0.15) is 0 Å². The summed E-state index contributed by atoms with van der Waals surface area (Å²) < 4.78 is 11.3. The number of carbonyl (C=O) groups is 1. The molecule has 1 aromatic rings. The van der Waals surface area contributed by atoms with E-state index in [0.29, 0.717) is 18.9 Å². The number of ether oxygens (including phenoxy) is 2. The van der Waals surface area contributed by atoms with Gasteiger partial charge in [0, 0.05) is 25.9 Å². The molecular weight excluding hydrogens is 340 g/mol. The van der Waals surface area contributed by atoms with Gasteiger partial charge in [-0.25, -0.2) is 0 Å². The molecule has 1 saturated heterocycles. The lowest BCUT2D eigenvalue weighted by Gasteiger charge is -2.30. The van der Waals surface area contributed by atoms with Crippen molar-refractivity contribution >= 4 is 11.6 Å². The van der Waals surface area contributed by atoms with Crippen LogP contribution < -0.4 is 10.1 Å². The van der Waals surface area contributed by atoms with Crippen molar-refractivity contribution in [3.05, 3.63) is 24.3 Å². The molecule has 0 saturated carbocycles. The van der Waals surface area contributed by atoms with Gasteiger partial charge in [-0.3, -0.25) is 9.69 Å². The maximum Gasteiger partial charge on any atom is 0.256 e. The maximum absolute atomic E-state index is 12.6. The zero-order chi connectivity index (χ0) is 19.9. The van der Waals surface area contributed by atoms with Crippen molar-refractivity contribution in [2.75, 3.05) is 38.7 Å². The number of hydrogen-bond donors (Lipinski definition) is 1. The summed E-state index contributed by atoms with van der Waals surface area (Å²) in [5.74, 6) is 1.87. The van der Waals surface area contributed by atoms with E-state index in [0.717, 1.165) is 23.9 Å². The summed E-state index contributed by atoms with van der Waals surface area (Å²) >= 11 is 0. The van der Waals surface area contributed by atoms with E-state index in [1.807, 2.05) is 31.2 Å². The normalized spacial score (nSPS) is 20.3. The number of hydrogen-bond acceptors (Lipinski definition) is 4. The van der Waals surface area contributed by atoms with E-state index in [-0.39, 0.29) is 5.91 Å². The molecule has 2 rings (SSSR count). The summed E-state index contributed by atoms with van der Waals surface area (Å²) in [6, 6.07) is 7.56. The quantitative estimate of drug-likeness (QED) is 0.702. The topological polar surface area (TPSA) is 50.8 Å². The highest BCUT2D eigenvalue weighted by atomic mass is 16.5. The van der Waals surface area contributed by atoms with Crippen molar-refractivity contribution in [1.29, 1.82) is 0 Å². The molecule has 0 aromatic heterocycles. The number of benzene rings is 1. The fourth-order valence-corrected chi connectivity index (χ4v) is 3.73. The fourth-order valence-electron chi connectivity index (χ4n) is 3.73. The van der Waals surface area contributed by atoms with Crippen LogP contribution in [0.15, 0.2) is 24.3 Å². The lowest BCUT2D eigenvalue weighted by atomic mass is 9.93. The lowest BCUT2D eigenvalue weighted by Crippen LogP contribution is -2.43. The molecule has 5 heteroatoms. The highest BCUT2D eigenvalue weighted by molar-refractivity contribution is 5.97. The van der Waals surface area contributed by atoms with Gasteiger partial charge in [0.15, 0.2) is 0 Å². The van der Waals surface area contributed by atoms with Gasteiger partial charge in [-0.1, -0.05) is 20.8 Å². The van der Waals surface area contributed by atoms with Crippen LogP contribution in [0.2, 0.25) is 0 Å². The molecule has 1 heterocycles. The van der Waals surface area contributed by atoms with Gasteiger partial charge in [0.2, 0.25) is 0 Å². The van der Waals surface area contributed by atoms with E-state index in [1.54, 1.807) is 7.11 Å². The number of nitrogens with one attached hydrogen (secondary N) is 1. The Labute approximate surface area is 164 Å². The molecule has 1 aromatic carbocycles. The lowest BCUT2D eigenvalue weighted by molar-refractivity contribution is -0.137. The molecule has 2 atom stereocenters. The number of anilines is 1. The van der Waals surface area contributed by atoms with Gasteiger partial charge >= 0.3 is 0 Å². The molecule has 5 nitrogen and oxygen atoms in total. The molecule has 152 valence electrons. The van der Waals surface area contributed by atoms with Crippen LogP contribution in [0.1, 0.15) is 47.0 Å². The van der Waals surface area contributed by atoms with Crippen molar-refractivity contribution in [3.8, 4) is 5.75 Å². The van der Waals surface area contributed by atoms with Crippen LogP contribution in [-0.4, -0.2) is 49.8 Å². The Bertz CT molecular complexity index is 588. The number of carbonyl (C=O) groups excluding carboxylic acids is 1. The Morgan fingerprint density at radius 3 is 2.63 bits per heavy atom. The standard InChI is InChI=1S/C22H36N2O3/c1-17(2)15-22(4,26-5)21(25)23-19-8-10-20(11-9-19)27-14-13-24-12-6-7-18(3)16-24/h8-11,17-18H,6-7,12-16H2,1-5H3,(H,23,25)/t18-,22+/m1/s1. The third kappa shape index (κ3) is 6.82. The van der Waals surface area contributed by atoms with E-state index in [1.165, 1.54) is 25.9 Å². The first-order chi connectivity index (χ1) is 12.8. The molecular formula is C22H36N2O3. The smallest absolute Gasteiger partial charge is 0.256 e. The number of methoxy groups -OCH3 is 1. The molecule has 27 heavy (non-hydrogen) atoms. The van der Waals surface area contributed by atoms with E-state index in [9.17, 15) is 4.79 Å². The van der Waals surface area contributed by atoms with Gasteiger partial charge < -0.3 is 14.8 Å². The predicted octanol–water partition coefficient (Wildman–Crippen LogP) is 4.19. The Morgan fingerprint density at radius 2 is 2.04 bits per heavy atom. The minimum absolute atomic E-state index is 0.119. The number of rotatable bonds is 9. The van der Waals surface area contributed by atoms with E-state index < -0.39 is 5.60 Å². The van der Waals surface area contributed by atoms with Crippen molar-refractivity contribution < 1.29 is 14.3 Å². The van der Waals surface area contributed by atoms with Crippen molar-refractivity contribution in [2.24, 2.45) is 11.8 Å². The van der Waals surface area contributed by atoms with Crippen molar-refractivity contribution in [3.63, 3.8) is 0 Å². The summed E-state index contributed by atoms with van der Waals surface area (Å²) in [5, 5.41) is 2.95. The number of amides is 1. The molecule has 0 spiro atoms. The van der Waals surface area contributed by atoms with Crippen LogP contribution in [0.3, 0.4) is 0 Å². The summed E-state index contributed by atoms with van der Waals surface area (Å²) in [4.78, 5) is 15.1. The molecule has 0 unspecified atom stereocenters. The third-order valence-corrected chi connectivity index (χ3v) is 5.26. The minimum atomic E-state index is -0.824. The molecule has 1 fully saturated rings. The van der Waals surface area contributed by atoms with Crippen LogP contribution in [0, 0.1) is 11.8 Å². The van der Waals surface area contributed by atoms with E-state index >= 15 is 0 Å². The Hall–Kier alpha value is -1.59. The fraction of sp³-hybridized carbons (Fsp3) is 0.682. The average molecular weight is 377 g/mol. The first kappa shape index (κ1) is 21.7. The number of piperidine rings is 1. The minimum Gasteiger partial charge on any atom is -0.492 e. The SMILES string of the molecule is CO[C@@](C)(CC(C)C)C(=O)Nc1ccc(OCCN2CCC[C@@H](C)C2)cc1. The number of likely N-dealkylation sites (tertiary alicyclic amines) is 1. The Balaban J connectivity index is 1.81. The summed E-state index contributed by atoms with van der Waals surface area (Å²) in [5.41, 5.74) is -0.0706. The van der Waals surface area contributed by atoms with Gasteiger partial charge in [0.05, 0.1) is 0 Å². The largest absolute Gasteiger partial charge is 0.492 e. The first-order valence-corrected chi connectivity index (χ1v) is 10.1. The molecule has 1 N–H and O–H groups in total. The second-order valence-corrected chi connectivity index (χ2v) is 8.41. The molecule has 0 bridgehead atoms. The van der Waals surface area contributed by atoms with Crippen molar-refractivity contribution in [2.45, 2.75) is 52.6 Å². The monoisotopic (exact) mass is 376 g/mol.